The smallest absolute Gasteiger partial charge is 0.255 e. The van der Waals surface area contributed by atoms with Crippen LogP contribution in [0.15, 0.2) is 30.3 Å². The largest absolute Gasteiger partial charge is 0.299 e. The van der Waals surface area contributed by atoms with E-state index >= 15 is 0 Å². The summed E-state index contributed by atoms with van der Waals surface area (Å²) < 4.78 is 0. The monoisotopic (exact) mass is 288 g/mol. The fourth-order valence-corrected chi connectivity index (χ4v) is 3.65. The molecule has 114 valence electrons. The van der Waals surface area contributed by atoms with E-state index in [-0.39, 0.29) is 11.9 Å². The molecule has 0 spiro atoms. The molecule has 21 heavy (non-hydrogen) atoms. The van der Waals surface area contributed by atoms with Crippen LogP contribution in [0.5, 0.6) is 0 Å². The van der Waals surface area contributed by atoms with Gasteiger partial charge in [0, 0.05) is 19.1 Å². The Balaban J connectivity index is 1.74. The Hall–Kier alpha value is -1.43. The first kappa shape index (κ1) is 14.5. The Morgan fingerprint density at radius 1 is 1.19 bits per heavy atom. The summed E-state index contributed by atoms with van der Waals surface area (Å²) >= 11 is 0. The maximum atomic E-state index is 12.2. The van der Waals surface area contributed by atoms with Gasteiger partial charge in [-0.1, -0.05) is 30.3 Å². The van der Waals surface area contributed by atoms with Crippen LogP contribution in [0, 0.1) is 0 Å². The zero-order valence-corrected chi connectivity index (χ0v) is 12.4. The average molecular weight is 288 g/mol. The van der Waals surface area contributed by atoms with E-state index in [0.29, 0.717) is 6.04 Å². The van der Waals surface area contributed by atoms with E-state index in [4.69, 9.17) is 5.84 Å². The standard InChI is InChI=1S/C16H24N4O/c17-18-16(21)15(13-6-2-1-3-7-13)20-11-8-14(12-20)19-9-4-5-10-19/h1-3,6-7,14-15H,4-5,8-12,17H2,(H,18,21). The Morgan fingerprint density at radius 2 is 1.90 bits per heavy atom. The first-order chi connectivity index (χ1) is 10.3. The van der Waals surface area contributed by atoms with Crippen LogP contribution in [0.2, 0.25) is 0 Å². The molecule has 2 unspecified atom stereocenters. The van der Waals surface area contributed by atoms with Crippen LogP contribution in [0.3, 0.4) is 0 Å². The van der Waals surface area contributed by atoms with E-state index in [1.54, 1.807) is 0 Å². The highest BCUT2D eigenvalue weighted by Gasteiger charge is 2.36. The highest BCUT2D eigenvalue weighted by Crippen LogP contribution is 2.28. The molecule has 0 aromatic heterocycles. The summed E-state index contributed by atoms with van der Waals surface area (Å²) in [5.41, 5.74) is 3.35. The highest BCUT2D eigenvalue weighted by atomic mass is 16.2. The summed E-state index contributed by atoms with van der Waals surface area (Å²) in [7, 11) is 0. The van der Waals surface area contributed by atoms with Crippen molar-refractivity contribution >= 4 is 5.91 Å². The topological polar surface area (TPSA) is 61.6 Å². The zero-order chi connectivity index (χ0) is 14.7. The highest BCUT2D eigenvalue weighted by molar-refractivity contribution is 5.82. The van der Waals surface area contributed by atoms with E-state index in [2.05, 4.69) is 15.2 Å². The molecule has 1 aromatic rings. The Kier molecular flexibility index (Phi) is 4.53. The minimum Gasteiger partial charge on any atom is -0.299 e. The third kappa shape index (κ3) is 3.10. The van der Waals surface area contributed by atoms with Gasteiger partial charge in [0.05, 0.1) is 0 Å². The van der Waals surface area contributed by atoms with Crippen molar-refractivity contribution in [3.8, 4) is 0 Å². The van der Waals surface area contributed by atoms with Gasteiger partial charge in [-0.15, -0.1) is 0 Å². The normalized spacial score (nSPS) is 25.1. The van der Waals surface area contributed by atoms with Gasteiger partial charge in [0.15, 0.2) is 0 Å². The van der Waals surface area contributed by atoms with Gasteiger partial charge >= 0.3 is 0 Å². The van der Waals surface area contributed by atoms with Crippen LogP contribution >= 0.6 is 0 Å². The van der Waals surface area contributed by atoms with Gasteiger partial charge in [-0.3, -0.25) is 20.0 Å². The number of carbonyl (C=O) groups is 1. The second-order valence-electron chi connectivity index (χ2n) is 6.00. The van der Waals surface area contributed by atoms with Crippen LogP contribution in [-0.4, -0.2) is 47.9 Å². The number of amides is 1. The second-order valence-corrected chi connectivity index (χ2v) is 6.00. The summed E-state index contributed by atoms with van der Waals surface area (Å²) in [6, 6.07) is 10.2. The van der Waals surface area contributed by atoms with Crippen molar-refractivity contribution in [3.05, 3.63) is 35.9 Å². The predicted octanol–water partition coefficient (Wildman–Crippen LogP) is 0.888. The fourth-order valence-electron chi connectivity index (χ4n) is 3.65. The number of hydrazine groups is 1. The molecule has 0 bridgehead atoms. The summed E-state index contributed by atoms with van der Waals surface area (Å²) in [5.74, 6) is 5.28. The molecule has 2 aliphatic heterocycles. The number of benzene rings is 1. The van der Waals surface area contributed by atoms with Crippen LogP contribution < -0.4 is 11.3 Å². The van der Waals surface area contributed by atoms with Crippen LogP contribution in [0.1, 0.15) is 30.9 Å². The van der Waals surface area contributed by atoms with Gasteiger partial charge in [0.25, 0.3) is 5.91 Å². The zero-order valence-electron chi connectivity index (χ0n) is 12.4. The lowest BCUT2D eigenvalue weighted by atomic mass is 10.1. The maximum Gasteiger partial charge on any atom is 0.255 e. The molecule has 2 aliphatic rings. The molecule has 2 heterocycles. The van der Waals surface area contributed by atoms with E-state index < -0.39 is 0 Å². The van der Waals surface area contributed by atoms with Crippen molar-refractivity contribution in [2.45, 2.75) is 31.3 Å². The van der Waals surface area contributed by atoms with E-state index in [9.17, 15) is 4.79 Å². The first-order valence-electron chi connectivity index (χ1n) is 7.83. The molecule has 5 heteroatoms. The molecule has 3 N–H and O–H groups in total. The number of nitrogens with one attached hydrogen (secondary N) is 1. The lowest BCUT2D eigenvalue weighted by Crippen LogP contribution is -2.44. The van der Waals surface area contributed by atoms with Gasteiger partial charge in [-0.05, 0) is 37.9 Å². The molecule has 1 amide bonds. The molecule has 2 saturated heterocycles. The molecule has 0 radical (unpaired) electrons. The number of hydrogen-bond donors (Lipinski definition) is 2. The molecule has 2 fully saturated rings. The third-order valence-corrected chi connectivity index (χ3v) is 4.72. The molecule has 3 rings (SSSR count). The SMILES string of the molecule is NNC(=O)C(c1ccccc1)N1CCC(N2CCCC2)C1. The van der Waals surface area contributed by atoms with Crippen molar-refractivity contribution in [1.29, 1.82) is 0 Å². The minimum atomic E-state index is -0.274. The number of nitrogens with two attached hydrogens (primary N) is 1. The molecule has 0 aliphatic carbocycles. The fraction of sp³-hybridized carbons (Fsp3) is 0.562. The number of nitrogens with zero attached hydrogens (tertiary/aromatic N) is 2. The Labute approximate surface area is 126 Å². The number of carbonyl (C=O) groups excluding carboxylic acids is 1. The number of hydrogen-bond acceptors (Lipinski definition) is 4. The van der Waals surface area contributed by atoms with Crippen LogP contribution in [0.25, 0.3) is 0 Å². The average Bonchev–Trinajstić information content (AvgIpc) is 3.19. The van der Waals surface area contributed by atoms with E-state index in [0.717, 1.165) is 25.1 Å². The maximum absolute atomic E-state index is 12.2. The summed E-state index contributed by atoms with van der Waals surface area (Å²) in [6.07, 6.45) is 3.75. The molecule has 2 atom stereocenters. The summed E-state index contributed by atoms with van der Waals surface area (Å²) in [5, 5.41) is 0. The second kappa shape index (κ2) is 6.56. The van der Waals surface area contributed by atoms with Gasteiger partial charge < -0.3 is 0 Å². The Bertz CT molecular complexity index is 472. The molecular weight excluding hydrogens is 264 g/mol. The molecule has 5 nitrogen and oxygen atoms in total. The van der Waals surface area contributed by atoms with Crippen molar-refractivity contribution in [2.24, 2.45) is 5.84 Å². The summed E-state index contributed by atoms with van der Waals surface area (Å²) in [4.78, 5) is 17.1. The van der Waals surface area contributed by atoms with E-state index in [1.165, 1.54) is 25.9 Å². The summed E-state index contributed by atoms with van der Waals surface area (Å²) in [6.45, 7) is 4.32. The van der Waals surface area contributed by atoms with Crippen molar-refractivity contribution in [3.63, 3.8) is 0 Å². The Morgan fingerprint density at radius 3 is 2.57 bits per heavy atom. The van der Waals surface area contributed by atoms with Gasteiger partial charge in [-0.25, -0.2) is 5.84 Å². The van der Waals surface area contributed by atoms with Crippen molar-refractivity contribution in [2.75, 3.05) is 26.2 Å². The lowest BCUT2D eigenvalue weighted by Gasteiger charge is -2.28. The van der Waals surface area contributed by atoms with Crippen LogP contribution in [0.4, 0.5) is 0 Å². The van der Waals surface area contributed by atoms with Gasteiger partial charge in [0.2, 0.25) is 0 Å². The number of likely N-dealkylation sites (tertiary alicyclic amines) is 2. The first-order valence-corrected chi connectivity index (χ1v) is 7.83. The lowest BCUT2D eigenvalue weighted by molar-refractivity contribution is -0.126. The van der Waals surface area contributed by atoms with Crippen molar-refractivity contribution < 1.29 is 4.79 Å². The van der Waals surface area contributed by atoms with E-state index in [1.807, 2.05) is 30.3 Å². The quantitative estimate of drug-likeness (QED) is 0.491. The third-order valence-electron chi connectivity index (χ3n) is 4.72. The molecular formula is C16H24N4O. The number of rotatable bonds is 4. The van der Waals surface area contributed by atoms with Crippen molar-refractivity contribution in [1.82, 2.24) is 15.2 Å². The van der Waals surface area contributed by atoms with Gasteiger partial charge in [0.1, 0.15) is 6.04 Å². The minimum absolute atomic E-state index is 0.122. The van der Waals surface area contributed by atoms with Crippen LogP contribution in [-0.2, 0) is 4.79 Å². The predicted molar refractivity (Wildman–Crippen MR) is 82.3 cm³/mol. The van der Waals surface area contributed by atoms with Gasteiger partial charge in [-0.2, -0.15) is 0 Å². The molecule has 0 saturated carbocycles. The molecule has 1 aromatic carbocycles.